The van der Waals surface area contributed by atoms with Crippen LogP contribution in [0.15, 0.2) is 83.8 Å². The third kappa shape index (κ3) is 4.45. The molecule has 4 bridgehead atoms. The van der Waals surface area contributed by atoms with Crippen LogP contribution in [0, 0.1) is 13.8 Å². The van der Waals surface area contributed by atoms with Gasteiger partial charge in [0.15, 0.2) is 0 Å². The number of sulfonamides is 1. The van der Waals surface area contributed by atoms with E-state index in [9.17, 15) is 8.42 Å². The fraction of sp³-hybridized carbons (Fsp3) is 0.154. The normalized spacial score (nSPS) is 16.7. The first-order valence-electron chi connectivity index (χ1n) is 10.9. The van der Waals surface area contributed by atoms with Gasteiger partial charge in [-0.15, -0.1) is 0 Å². The van der Waals surface area contributed by atoms with E-state index in [-0.39, 0.29) is 29.4 Å². The summed E-state index contributed by atoms with van der Waals surface area (Å²) in [4.78, 5) is 9.02. The van der Waals surface area contributed by atoms with Gasteiger partial charge in [0.25, 0.3) is 10.0 Å². The first-order chi connectivity index (χ1) is 16.4. The van der Waals surface area contributed by atoms with E-state index in [4.69, 9.17) is 4.74 Å². The summed E-state index contributed by atoms with van der Waals surface area (Å²) < 4.78 is 35.0. The number of rotatable bonds is 2. The smallest absolute Gasteiger partial charge is 0.264 e. The van der Waals surface area contributed by atoms with Gasteiger partial charge in [0.2, 0.25) is 11.8 Å². The molecule has 0 saturated heterocycles. The van der Waals surface area contributed by atoms with Gasteiger partial charge in [-0.1, -0.05) is 54.6 Å². The molecule has 5 rings (SSSR count). The Morgan fingerprint density at radius 2 is 1.62 bits per heavy atom. The van der Waals surface area contributed by atoms with Gasteiger partial charge < -0.3 is 10.1 Å². The molecule has 0 aliphatic carbocycles. The van der Waals surface area contributed by atoms with Crippen LogP contribution < -0.4 is 14.8 Å². The van der Waals surface area contributed by atoms with Gasteiger partial charge in [-0.25, -0.2) is 18.1 Å². The summed E-state index contributed by atoms with van der Waals surface area (Å²) in [6, 6.07) is 24.0. The minimum atomic E-state index is -3.92. The summed E-state index contributed by atoms with van der Waals surface area (Å²) in [7, 11) is -3.92. The SMILES string of the molecule is Cc1cccc(C)c1-c1cc2nc(n1)NS(=O)(=O)c1cccc(c1)N[C@H](c1ccccc1)CO2. The van der Waals surface area contributed by atoms with Crippen LogP contribution in [0.3, 0.4) is 0 Å². The van der Waals surface area contributed by atoms with Crippen LogP contribution in [-0.2, 0) is 10.0 Å². The highest BCUT2D eigenvalue weighted by molar-refractivity contribution is 7.92. The van der Waals surface area contributed by atoms with Crippen molar-refractivity contribution in [3.8, 4) is 17.1 Å². The van der Waals surface area contributed by atoms with Gasteiger partial charge in [-0.2, -0.15) is 4.98 Å². The Labute approximate surface area is 198 Å². The lowest BCUT2D eigenvalue weighted by Crippen LogP contribution is -2.21. The van der Waals surface area contributed by atoms with Crippen LogP contribution in [0.4, 0.5) is 11.6 Å². The Balaban J connectivity index is 1.65. The van der Waals surface area contributed by atoms with Crippen molar-refractivity contribution in [2.24, 2.45) is 0 Å². The standard InChI is InChI=1S/C26H24N4O3S/c1-17-8-6-9-18(2)25(17)22-15-24-29-26(28-22)30-34(31,32)21-13-7-12-20(14-21)27-23(16-33-24)19-10-4-3-5-11-19/h3-15,23,27H,16H2,1-2H3,(H,28,29,30)/t23-/m0/s1. The van der Waals surface area contributed by atoms with E-state index in [0.29, 0.717) is 11.4 Å². The van der Waals surface area contributed by atoms with E-state index in [1.807, 2.05) is 68.4 Å². The number of benzene rings is 3. The maximum Gasteiger partial charge on any atom is 0.264 e. The largest absolute Gasteiger partial charge is 0.475 e. The minimum Gasteiger partial charge on any atom is -0.475 e. The molecule has 3 aromatic carbocycles. The predicted octanol–water partition coefficient (Wildman–Crippen LogP) is 5.11. The Morgan fingerprint density at radius 1 is 0.882 bits per heavy atom. The van der Waals surface area contributed by atoms with Crippen LogP contribution in [0.25, 0.3) is 11.3 Å². The molecular weight excluding hydrogens is 448 g/mol. The van der Waals surface area contributed by atoms with Crippen LogP contribution in [0.5, 0.6) is 5.88 Å². The molecule has 8 heteroatoms. The molecule has 0 unspecified atom stereocenters. The van der Waals surface area contributed by atoms with Gasteiger partial charge in [0.05, 0.1) is 16.6 Å². The minimum absolute atomic E-state index is 0.0367. The summed E-state index contributed by atoms with van der Waals surface area (Å²) in [5, 5.41) is 3.40. The Bertz CT molecular complexity index is 1440. The first-order valence-corrected chi connectivity index (χ1v) is 12.4. The molecule has 4 aromatic rings. The molecule has 0 amide bonds. The summed E-state index contributed by atoms with van der Waals surface area (Å²) in [5.74, 6) is 0.252. The van der Waals surface area contributed by atoms with Crippen molar-refractivity contribution in [3.63, 3.8) is 0 Å². The van der Waals surface area contributed by atoms with E-state index in [2.05, 4.69) is 20.0 Å². The molecule has 1 aliphatic rings. The number of nitrogens with one attached hydrogen (secondary N) is 2. The lowest BCUT2D eigenvalue weighted by molar-refractivity contribution is 0.288. The lowest BCUT2D eigenvalue weighted by Gasteiger charge is -2.22. The molecule has 0 radical (unpaired) electrons. The monoisotopic (exact) mass is 472 g/mol. The third-order valence-corrected chi connectivity index (χ3v) is 7.08. The highest BCUT2D eigenvalue weighted by Crippen LogP contribution is 2.31. The van der Waals surface area contributed by atoms with Crippen molar-refractivity contribution < 1.29 is 13.2 Å². The van der Waals surface area contributed by atoms with E-state index in [1.54, 1.807) is 24.3 Å². The first kappa shape index (κ1) is 21.9. The molecular formula is C26H24N4O3S. The van der Waals surface area contributed by atoms with Crippen molar-refractivity contribution in [1.82, 2.24) is 9.97 Å². The maximum atomic E-state index is 13.2. The number of anilines is 2. The van der Waals surface area contributed by atoms with Gasteiger partial charge in [-0.05, 0) is 48.7 Å². The maximum absolute atomic E-state index is 13.2. The number of aromatic nitrogens is 2. The molecule has 2 N–H and O–H groups in total. The quantitative estimate of drug-likeness (QED) is 0.421. The average Bonchev–Trinajstić information content (AvgIpc) is 2.81. The van der Waals surface area contributed by atoms with Crippen molar-refractivity contribution in [3.05, 3.63) is 95.6 Å². The second kappa shape index (κ2) is 8.79. The topological polar surface area (TPSA) is 93.2 Å². The molecule has 1 atom stereocenters. The summed E-state index contributed by atoms with van der Waals surface area (Å²) >= 11 is 0. The zero-order valence-electron chi connectivity index (χ0n) is 18.8. The van der Waals surface area contributed by atoms with Gasteiger partial charge in [0.1, 0.15) is 6.61 Å². The summed E-state index contributed by atoms with van der Waals surface area (Å²) in [5.41, 5.74) is 5.24. The Kier molecular flexibility index (Phi) is 5.67. The number of nitrogens with zero attached hydrogens (tertiary/aromatic N) is 2. The molecule has 0 fully saturated rings. The van der Waals surface area contributed by atoms with E-state index >= 15 is 0 Å². The van der Waals surface area contributed by atoms with Crippen LogP contribution in [0.2, 0.25) is 0 Å². The molecule has 1 aliphatic heterocycles. The summed E-state index contributed by atoms with van der Waals surface area (Å²) in [6.45, 7) is 4.27. The van der Waals surface area contributed by atoms with Gasteiger partial charge in [0, 0.05) is 17.3 Å². The zero-order chi connectivity index (χ0) is 23.7. The number of aryl methyl sites for hydroxylation is 2. The van der Waals surface area contributed by atoms with Crippen LogP contribution in [-0.4, -0.2) is 25.0 Å². The molecule has 34 heavy (non-hydrogen) atoms. The summed E-state index contributed by atoms with van der Waals surface area (Å²) in [6.07, 6.45) is 0. The van der Waals surface area contributed by atoms with E-state index in [0.717, 1.165) is 22.3 Å². The molecule has 172 valence electrons. The fourth-order valence-electron chi connectivity index (χ4n) is 4.10. The van der Waals surface area contributed by atoms with Crippen LogP contribution >= 0.6 is 0 Å². The molecule has 0 spiro atoms. The Hall–Kier alpha value is -3.91. The van der Waals surface area contributed by atoms with Gasteiger partial charge in [-0.3, -0.25) is 0 Å². The number of fused-ring (bicyclic) bond motifs is 4. The molecule has 1 aromatic heterocycles. The molecule has 7 nitrogen and oxygen atoms in total. The van der Waals surface area contributed by atoms with E-state index < -0.39 is 10.0 Å². The lowest BCUT2D eigenvalue weighted by atomic mass is 10.00. The van der Waals surface area contributed by atoms with Crippen molar-refractivity contribution >= 4 is 21.7 Å². The number of ether oxygens (including phenoxy) is 1. The molecule has 2 heterocycles. The van der Waals surface area contributed by atoms with Crippen molar-refractivity contribution in [1.29, 1.82) is 0 Å². The number of hydrogen-bond donors (Lipinski definition) is 2. The highest BCUT2D eigenvalue weighted by Gasteiger charge is 2.22. The zero-order valence-corrected chi connectivity index (χ0v) is 19.6. The third-order valence-electron chi connectivity index (χ3n) is 5.75. The molecule has 0 saturated carbocycles. The number of hydrogen-bond acceptors (Lipinski definition) is 6. The Morgan fingerprint density at radius 3 is 2.38 bits per heavy atom. The van der Waals surface area contributed by atoms with Crippen molar-refractivity contribution in [2.75, 3.05) is 16.6 Å². The van der Waals surface area contributed by atoms with Crippen LogP contribution in [0.1, 0.15) is 22.7 Å². The fourth-order valence-corrected chi connectivity index (χ4v) is 5.09. The predicted molar refractivity (Wildman–Crippen MR) is 132 cm³/mol. The van der Waals surface area contributed by atoms with Crippen molar-refractivity contribution in [2.45, 2.75) is 24.8 Å². The average molecular weight is 473 g/mol. The second-order valence-electron chi connectivity index (χ2n) is 8.23. The van der Waals surface area contributed by atoms with Gasteiger partial charge >= 0.3 is 0 Å². The highest BCUT2D eigenvalue weighted by atomic mass is 32.2. The second-order valence-corrected chi connectivity index (χ2v) is 9.92. The van der Waals surface area contributed by atoms with E-state index in [1.165, 1.54) is 0 Å².